The lowest BCUT2D eigenvalue weighted by Gasteiger charge is -2.31. The molecule has 0 saturated heterocycles. The van der Waals surface area contributed by atoms with E-state index in [1.165, 1.54) is 44.5 Å². The van der Waals surface area contributed by atoms with Gasteiger partial charge >= 0.3 is 0 Å². The first-order valence-electron chi connectivity index (χ1n) is 18.7. The van der Waals surface area contributed by atoms with Crippen LogP contribution in [0.5, 0.6) is 0 Å². The third-order valence-electron chi connectivity index (χ3n) is 11.8. The molecular formula is C51H31N3O. The third kappa shape index (κ3) is 4.11. The molecule has 0 aliphatic heterocycles. The van der Waals surface area contributed by atoms with Gasteiger partial charge in [0.1, 0.15) is 11.2 Å². The average molecular weight is 702 g/mol. The second kappa shape index (κ2) is 11.3. The molecule has 2 aliphatic carbocycles. The van der Waals surface area contributed by atoms with Gasteiger partial charge in [0.05, 0.1) is 5.41 Å². The number of fused-ring (bicyclic) bond motifs is 13. The van der Waals surface area contributed by atoms with Gasteiger partial charge in [-0.25, -0.2) is 0 Å². The zero-order valence-electron chi connectivity index (χ0n) is 29.6. The average Bonchev–Trinajstić information content (AvgIpc) is 4.01. The Kier molecular flexibility index (Phi) is 6.23. The molecule has 4 heteroatoms. The summed E-state index contributed by atoms with van der Waals surface area (Å²) in [6.45, 7) is 0. The molecule has 0 fully saturated rings. The Morgan fingerprint density at radius 3 is 1.64 bits per heavy atom. The molecule has 0 atom stereocenters. The van der Waals surface area contributed by atoms with Crippen molar-refractivity contribution in [2.45, 2.75) is 5.41 Å². The van der Waals surface area contributed by atoms with Gasteiger partial charge in [0.2, 0.25) is 0 Å². The lowest BCUT2D eigenvalue weighted by molar-refractivity contribution is 0.670. The number of para-hydroxylation sites is 3. The second-order valence-electron chi connectivity index (χ2n) is 14.5. The summed E-state index contributed by atoms with van der Waals surface area (Å²) in [4.78, 5) is 0. The molecular weight excluding hydrogens is 671 g/mol. The van der Waals surface area contributed by atoms with Gasteiger partial charge in [0.25, 0.3) is 0 Å². The smallest absolute Gasteiger partial charge is 0.168 e. The van der Waals surface area contributed by atoms with Crippen LogP contribution in [0.2, 0.25) is 0 Å². The number of rotatable bonds is 4. The van der Waals surface area contributed by atoms with Crippen molar-refractivity contribution in [1.29, 1.82) is 0 Å². The van der Waals surface area contributed by atoms with E-state index in [4.69, 9.17) is 14.6 Å². The van der Waals surface area contributed by atoms with E-state index in [2.05, 4.69) is 162 Å². The molecule has 0 radical (unpaired) electrons. The summed E-state index contributed by atoms with van der Waals surface area (Å²) in [6, 6.07) is 67.4. The standard InChI is InChI=1S/C51H31N3O/c1-3-14-32(15-4-1)49-52-53-50(54(49)35-16-5-2-6-17-35)34-27-29-40-39-28-26-33(36-21-13-22-42-41-20-9-12-25-47(41)55-48(36)42)30-45(39)51(46(40)31-34)43-23-10-7-18-37(43)38-19-8-11-24-44(38)51/h1-31H. The van der Waals surface area contributed by atoms with Crippen molar-refractivity contribution in [3.8, 4) is 61.8 Å². The second-order valence-corrected chi connectivity index (χ2v) is 14.5. The molecule has 55 heavy (non-hydrogen) atoms. The number of furan rings is 1. The number of hydrogen-bond acceptors (Lipinski definition) is 3. The van der Waals surface area contributed by atoms with E-state index in [1.807, 2.05) is 30.3 Å². The minimum atomic E-state index is -0.550. The maximum Gasteiger partial charge on any atom is 0.168 e. The van der Waals surface area contributed by atoms with Crippen molar-refractivity contribution in [3.05, 3.63) is 210 Å². The highest BCUT2D eigenvalue weighted by molar-refractivity contribution is 6.10. The number of nitrogens with zero attached hydrogens (tertiary/aromatic N) is 3. The predicted molar refractivity (Wildman–Crippen MR) is 221 cm³/mol. The van der Waals surface area contributed by atoms with Crippen LogP contribution in [-0.2, 0) is 5.41 Å². The van der Waals surface area contributed by atoms with Crippen molar-refractivity contribution in [3.63, 3.8) is 0 Å². The Morgan fingerprint density at radius 1 is 0.382 bits per heavy atom. The molecule has 256 valence electrons. The minimum absolute atomic E-state index is 0.550. The highest BCUT2D eigenvalue weighted by atomic mass is 16.3. The quantitative estimate of drug-likeness (QED) is 0.183. The summed E-state index contributed by atoms with van der Waals surface area (Å²) in [7, 11) is 0. The molecule has 12 rings (SSSR count). The topological polar surface area (TPSA) is 43.9 Å². The van der Waals surface area contributed by atoms with E-state index >= 15 is 0 Å². The van der Waals surface area contributed by atoms with Crippen LogP contribution in [-0.4, -0.2) is 14.8 Å². The van der Waals surface area contributed by atoms with Crippen molar-refractivity contribution in [1.82, 2.24) is 14.8 Å². The zero-order chi connectivity index (χ0) is 36.1. The van der Waals surface area contributed by atoms with Crippen molar-refractivity contribution >= 4 is 21.9 Å². The van der Waals surface area contributed by atoms with Gasteiger partial charge in [-0.3, -0.25) is 4.57 Å². The molecule has 0 unspecified atom stereocenters. The van der Waals surface area contributed by atoms with Crippen molar-refractivity contribution in [2.75, 3.05) is 0 Å². The van der Waals surface area contributed by atoms with Crippen LogP contribution in [0, 0.1) is 0 Å². The van der Waals surface area contributed by atoms with Crippen LogP contribution < -0.4 is 0 Å². The normalized spacial score (nSPS) is 13.2. The van der Waals surface area contributed by atoms with Gasteiger partial charge in [-0.15, -0.1) is 10.2 Å². The molecule has 2 aliphatic rings. The SMILES string of the molecule is c1ccc(-c2nnc(-c3ccc4c(c3)C3(c5ccccc5-c5ccccc53)c3cc(-c5cccc6c5oc5ccccc56)ccc3-4)n2-c2ccccc2)cc1. The molecule has 0 amide bonds. The number of hydrogen-bond donors (Lipinski definition) is 0. The monoisotopic (exact) mass is 701 g/mol. The summed E-state index contributed by atoms with van der Waals surface area (Å²) in [5.74, 6) is 1.61. The van der Waals surface area contributed by atoms with E-state index in [-0.39, 0.29) is 0 Å². The minimum Gasteiger partial charge on any atom is -0.455 e. The molecule has 10 aromatic rings. The van der Waals surface area contributed by atoms with Gasteiger partial charge in [-0.1, -0.05) is 158 Å². The fourth-order valence-electron chi connectivity index (χ4n) is 9.49. The highest BCUT2D eigenvalue weighted by Crippen LogP contribution is 2.63. The molecule has 2 aromatic heterocycles. The van der Waals surface area contributed by atoms with Gasteiger partial charge in [-0.05, 0) is 80.4 Å². The lowest BCUT2D eigenvalue weighted by atomic mass is 9.70. The van der Waals surface area contributed by atoms with E-state index in [9.17, 15) is 0 Å². The Hall–Kier alpha value is -7.30. The first kappa shape index (κ1) is 30.2. The largest absolute Gasteiger partial charge is 0.455 e. The van der Waals surface area contributed by atoms with Gasteiger partial charge in [0.15, 0.2) is 11.6 Å². The number of benzene rings is 8. The van der Waals surface area contributed by atoms with Crippen molar-refractivity contribution in [2.24, 2.45) is 0 Å². The number of aromatic nitrogens is 3. The van der Waals surface area contributed by atoms with E-state index in [0.717, 1.165) is 61.5 Å². The van der Waals surface area contributed by atoms with Crippen LogP contribution in [0.15, 0.2) is 192 Å². The first-order valence-corrected chi connectivity index (χ1v) is 18.7. The summed E-state index contributed by atoms with van der Waals surface area (Å²) in [5.41, 5.74) is 16.7. The third-order valence-corrected chi connectivity index (χ3v) is 11.8. The Bertz CT molecular complexity index is 3110. The van der Waals surface area contributed by atoms with Crippen LogP contribution in [0.25, 0.3) is 83.8 Å². The summed E-state index contributed by atoms with van der Waals surface area (Å²) in [6.07, 6.45) is 0. The highest BCUT2D eigenvalue weighted by Gasteiger charge is 2.52. The lowest BCUT2D eigenvalue weighted by Crippen LogP contribution is -2.26. The van der Waals surface area contributed by atoms with Crippen molar-refractivity contribution < 1.29 is 4.42 Å². The van der Waals surface area contributed by atoms with Crippen LogP contribution in [0.3, 0.4) is 0 Å². The molecule has 0 saturated carbocycles. The maximum absolute atomic E-state index is 6.58. The predicted octanol–water partition coefficient (Wildman–Crippen LogP) is 12.5. The summed E-state index contributed by atoms with van der Waals surface area (Å²) >= 11 is 0. The van der Waals surface area contributed by atoms with Crippen LogP contribution >= 0.6 is 0 Å². The Balaban J connectivity index is 1.13. The molecule has 8 aromatic carbocycles. The van der Waals surface area contributed by atoms with E-state index in [1.54, 1.807) is 0 Å². The summed E-state index contributed by atoms with van der Waals surface area (Å²) in [5, 5.41) is 12.0. The Labute approximate surface area is 317 Å². The maximum atomic E-state index is 6.58. The molecule has 0 N–H and O–H groups in total. The molecule has 0 bridgehead atoms. The molecule has 1 spiro atoms. The molecule has 2 heterocycles. The van der Waals surface area contributed by atoms with Gasteiger partial charge in [-0.2, -0.15) is 0 Å². The van der Waals surface area contributed by atoms with Crippen LogP contribution in [0.4, 0.5) is 0 Å². The zero-order valence-corrected chi connectivity index (χ0v) is 29.6. The Morgan fingerprint density at radius 2 is 0.909 bits per heavy atom. The van der Waals surface area contributed by atoms with Crippen LogP contribution in [0.1, 0.15) is 22.3 Å². The van der Waals surface area contributed by atoms with E-state index < -0.39 is 5.41 Å². The summed E-state index contributed by atoms with van der Waals surface area (Å²) < 4.78 is 8.77. The fourth-order valence-corrected chi connectivity index (χ4v) is 9.49. The van der Waals surface area contributed by atoms with Gasteiger partial charge < -0.3 is 4.42 Å². The first-order chi connectivity index (χ1) is 27.3. The van der Waals surface area contributed by atoms with Gasteiger partial charge in [0, 0.05) is 33.2 Å². The fraction of sp³-hybridized carbons (Fsp3) is 0.0196. The van der Waals surface area contributed by atoms with E-state index in [0.29, 0.717) is 0 Å². The molecule has 4 nitrogen and oxygen atoms in total.